The first-order chi connectivity index (χ1) is 9.97. The summed E-state index contributed by atoms with van der Waals surface area (Å²) in [5.74, 6) is 0.286. The van der Waals surface area contributed by atoms with Crippen molar-refractivity contribution in [1.82, 2.24) is 0 Å². The highest BCUT2D eigenvalue weighted by Crippen LogP contribution is 2.22. The monoisotopic (exact) mass is 301 g/mol. The molecule has 0 radical (unpaired) electrons. The summed E-state index contributed by atoms with van der Waals surface area (Å²) in [6, 6.07) is 11.8. The molecule has 0 fully saturated rings. The molecule has 0 spiro atoms. The highest BCUT2D eigenvalue weighted by Gasteiger charge is 2.10. The number of aryl methyl sites for hydroxylation is 2. The Hall–Kier alpha value is -2.14. The van der Waals surface area contributed by atoms with Crippen molar-refractivity contribution in [3.8, 4) is 0 Å². The first-order valence-electron chi connectivity index (χ1n) is 6.45. The number of non-ortho nitro benzene ring substituents is 1. The van der Waals surface area contributed by atoms with E-state index in [0.29, 0.717) is 11.3 Å². The second kappa shape index (κ2) is 6.54. The summed E-state index contributed by atoms with van der Waals surface area (Å²) in [7, 11) is 0. The number of carbonyl (C=O) groups excluding carboxylic acids is 1. The number of nitro groups is 1. The molecule has 0 aliphatic carbocycles. The molecule has 5 heteroatoms. The fourth-order valence-corrected chi connectivity index (χ4v) is 2.69. The predicted molar refractivity (Wildman–Crippen MR) is 84.1 cm³/mol. The highest BCUT2D eigenvalue weighted by atomic mass is 32.2. The fourth-order valence-electron chi connectivity index (χ4n) is 1.80. The van der Waals surface area contributed by atoms with Crippen LogP contribution in [0.1, 0.15) is 21.5 Å². The van der Waals surface area contributed by atoms with E-state index in [2.05, 4.69) is 6.07 Å². The molecule has 0 bridgehead atoms. The Balaban J connectivity index is 2.01. The van der Waals surface area contributed by atoms with E-state index in [1.54, 1.807) is 0 Å². The van der Waals surface area contributed by atoms with Crippen molar-refractivity contribution < 1.29 is 9.72 Å². The van der Waals surface area contributed by atoms with Crippen LogP contribution < -0.4 is 0 Å². The van der Waals surface area contributed by atoms with Gasteiger partial charge in [0.05, 0.1) is 10.7 Å². The zero-order valence-electron chi connectivity index (χ0n) is 11.8. The Kier molecular flexibility index (Phi) is 4.75. The van der Waals surface area contributed by atoms with Gasteiger partial charge in [0, 0.05) is 22.6 Å². The molecule has 0 aromatic heterocycles. The number of carbonyl (C=O) groups is 1. The van der Waals surface area contributed by atoms with Crippen LogP contribution in [0, 0.1) is 24.0 Å². The first kappa shape index (κ1) is 15.3. The summed E-state index contributed by atoms with van der Waals surface area (Å²) in [4.78, 5) is 23.2. The smallest absolute Gasteiger partial charge is 0.269 e. The lowest BCUT2D eigenvalue weighted by Gasteiger charge is -2.05. The quantitative estimate of drug-likeness (QED) is 0.359. The van der Waals surface area contributed by atoms with Gasteiger partial charge in [0.25, 0.3) is 5.69 Å². The van der Waals surface area contributed by atoms with Crippen LogP contribution in [-0.4, -0.2) is 16.5 Å². The van der Waals surface area contributed by atoms with Gasteiger partial charge >= 0.3 is 0 Å². The Morgan fingerprint density at radius 1 is 1.10 bits per heavy atom. The number of hydrogen-bond donors (Lipinski definition) is 0. The van der Waals surface area contributed by atoms with Crippen molar-refractivity contribution in [2.45, 2.75) is 18.7 Å². The number of ketones is 1. The van der Waals surface area contributed by atoms with Gasteiger partial charge in [0.15, 0.2) is 5.78 Å². The molecule has 2 rings (SSSR count). The van der Waals surface area contributed by atoms with Crippen molar-refractivity contribution in [2.75, 3.05) is 5.75 Å². The maximum atomic E-state index is 12.1. The van der Waals surface area contributed by atoms with Gasteiger partial charge in [-0.05, 0) is 49.2 Å². The van der Waals surface area contributed by atoms with Crippen LogP contribution >= 0.6 is 11.8 Å². The molecule has 21 heavy (non-hydrogen) atoms. The molecule has 0 aliphatic rings. The molecule has 0 saturated heterocycles. The molecule has 0 unspecified atom stereocenters. The molecule has 0 heterocycles. The molecule has 108 valence electrons. The van der Waals surface area contributed by atoms with E-state index in [0.717, 1.165) is 4.90 Å². The summed E-state index contributed by atoms with van der Waals surface area (Å²) >= 11 is 1.47. The van der Waals surface area contributed by atoms with Crippen LogP contribution in [0.2, 0.25) is 0 Å². The third kappa shape index (κ3) is 3.92. The number of nitro benzene ring substituents is 1. The zero-order chi connectivity index (χ0) is 15.4. The predicted octanol–water partition coefficient (Wildman–Crippen LogP) is 4.19. The van der Waals surface area contributed by atoms with E-state index >= 15 is 0 Å². The molecule has 4 nitrogen and oxygen atoms in total. The first-order valence-corrected chi connectivity index (χ1v) is 7.43. The van der Waals surface area contributed by atoms with Gasteiger partial charge in [-0.1, -0.05) is 6.07 Å². The second-order valence-corrected chi connectivity index (χ2v) is 5.81. The number of benzene rings is 2. The zero-order valence-corrected chi connectivity index (χ0v) is 12.6. The van der Waals surface area contributed by atoms with E-state index in [-0.39, 0.29) is 11.5 Å². The van der Waals surface area contributed by atoms with E-state index in [4.69, 9.17) is 0 Å². The molecular weight excluding hydrogens is 286 g/mol. The molecule has 0 aliphatic heterocycles. The lowest BCUT2D eigenvalue weighted by atomic mass is 10.1. The number of Topliss-reactive ketones (excluding diaryl/α,β-unsaturated/α-hetero) is 1. The minimum Gasteiger partial charge on any atom is -0.293 e. The van der Waals surface area contributed by atoms with Crippen LogP contribution in [0.3, 0.4) is 0 Å². The molecular formula is C16H15NO3S. The summed E-state index contributed by atoms with van der Waals surface area (Å²) in [5, 5.41) is 10.6. The van der Waals surface area contributed by atoms with Crippen LogP contribution in [-0.2, 0) is 0 Å². The van der Waals surface area contributed by atoms with E-state index in [1.165, 1.54) is 47.2 Å². The molecule has 2 aromatic rings. The Morgan fingerprint density at radius 2 is 1.76 bits per heavy atom. The van der Waals surface area contributed by atoms with Crippen molar-refractivity contribution in [2.24, 2.45) is 0 Å². The van der Waals surface area contributed by atoms with Gasteiger partial charge in [-0.25, -0.2) is 0 Å². The van der Waals surface area contributed by atoms with Crippen molar-refractivity contribution in [1.29, 1.82) is 0 Å². The lowest BCUT2D eigenvalue weighted by Crippen LogP contribution is -2.02. The standard InChI is InChI=1S/C16H15NO3S/c1-11-3-8-15(9-12(11)2)21-10-16(18)13-4-6-14(7-5-13)17(19)20/h3-9H,10H2,1-2H3. The van der Waals surface area contributed by atoms with Crippen LogP contribution in [0.5, 0.6) is 0 Å². The van der Waals surface area contributed by atoms with Crippen molar-refractivity contribution in [3.63, 3.8) is 0 Å². The maximum absolute atomic E-state index is 12.1. The minimum absolute atomic E-state index is 0.00615. The van der Waals surface area contributed by atoms with Gasteiger partial charge in [0.1, 0.15) is 0 Å². The summed E-state index contributed by atoms with van der Waals surface area (Å²) in [6.45, 7) is 4.09. The van der Waals surface area contributed by atoms with Gasteiger partial charge in [-0.15, -0.1) is 11.8 Å². The number of nitrogens with zero attached hydrogens (tertiary/aromatic N) is 1. The number of thioether (sulfide) groups is 1. The maximum Gasteiger partial charge on any atom is 0.269 e. The normalized spacial score (nSPS) is 10.4. The van der Waals surface area contributed by atoms with Crippen LogP contribution in [0.15, 0.2) is 47.4 Å². The summed E-state index contributed by atoms with van der Waals surface area (Å²) in [6.07, 6.45) is 0. The van der Waals surface area contributed by atoms with E-state index < -0.39 is 4.92 Å². The van der Waals surface area contributed by atoms with Gasteiger partial charge in [-0.2, -0.15) is 0 Å². The Labute approximate surface area is 127 Å². The number of rotatable bonds is 5. The summed E-state index contributed by atoms with van der Waals surface area (Å²) < 4.78 is 0. The van der Waals surface area contributed by atoms with E-state index in [9.17, 15) is 14.9 Å². The van der Waals surface area contributed by atoms with Gasteiger partial charge in [-0.3, -0.25) is 14.9 Å². The molecule has 0 N–H and O–H groups in total. The third-order valence-electron chi connectivity index (χ3n) is 3.25. The van der Waals surface area contributed by atoms with Crippen LogP contribution in [0.25, 0.3) is 0 Å². The largest absolute Gasteiger partial charge is 0.293 e. The fraction of sp³-hybridized carbons (Fsp3) is 0.188. The molecule has 0 atom stereocenters. The minimum atomic E-state index is -0.474. The average molecular weight is 301 g/mol. The third-order valence-corrected chi connectivity index (χ3v) is 4.24. The second-order valence-electron chi connectivity index (χ2n) is 4.76. The van der Waals surface area contributed by atoms with Gasteiger partial charge in [0.2, 0.25) is 0 Å². The topological polar surface area (TPSA) is 60.2 Å². The van der Waals surface area contributed by atoms with Gasteiger partial charge < -0.3 is 0 Å². The van der Waals surface area contributed by atoms with Crippen LogP contribution in [0.4, 0.5) is 5.69 Å². The average Bonchev–Trinajstić information content (AvgIpc) is 2.48. The SMILES string of the molecule is Cc1ccc(SCC(=O)c2ccc([N+](=O)[O-])cc2)cc1C. The Bertz CT molecular complexity index is 680. The summed E-state index contributed by atoms with van der Waals surface area (Å²) in [5.41, 5.74) is 2.91. The van der Waals surface area contributed by atoms with Crippen molar-refractivity contribution >= 4 is 23.2 Å². The molecule has 2 aromatic carbocycles. The molecule has 0 amide bonds. The van der Waals surface area contributed by atoms with E-state index in [1.807, 2.05) is 26.0 Å². The number of hydrogen-bond acceptors (Lipinski definition) is 4. The molecule has 0 saturated carbocycles. The van der Waals surface area contributed by atoms with Crippen molar-refractivity contribution in [3.05, 3.63) is 69.3 Å². The Morgan fingerprint density at radius 3 is 2.33 bits per heavy atom. The highest BCUT2D eigenvalue weighted by molar-refractivity contribution is 8.00. The lowest BCUT2D eigenvalue weighted by molar-refractivity contribution is -0.384.